The number of hydrogen-bond donors (Lipinski definition) is 2. The summed E-state index contributed by atoms with van der Waals surface area (Å²) in [5, 5.41) is 3.50. The minimum Gasteiger partial charge on any atom is -0.465 e. The van der Waals surface area contributed by atoms with Crippen LogP contribution in [0.2, 0.25) is 12.6 Å². The molecule has 1 atom stereocenters. The molecule has 1 saturated heterocycles. The van der Waals surface area contributed by atoms with Crippen LogP contribution < -0.4 is 11.1 Å². The molecule has 0 bridgehead atoms. The van der Waals surface area contributed by atoms with E-state index in [-0.39, 0.29) is 17.5 Å². The van der Waals surface area contributed by atoms with E-state index in [2.05, 4.69) is 12.2 Å². The average Bonchev–Trinajstić information content (AvgIpc) is 3.48. The summed E-state index contributed by atoms with van der Waals surface area (Å²) in [7, 11) is 1.35. The molecule has 0 saturated carbocycles. The Hall–Kier alpha value is -2.70. The minimum absolute atomic E-state index is 0.178. The summed E-state index contributed by atoms with van der Waals surface area (Å²) < 4.78 is 10.1. The predicted octanol–water partition coefficient (Wildman–Crippen LogP) is 2.39. The monoisotopic (exact) mass is 368 g/mol. The lowest BCUT2D eigenvalue weighted by atomic mass is 9.51. The van der Waals surface area contributed by atoms with Crippen LogP contribution in [0.3, 0.4) is 0 Å². The quantitative estimate of drug-likeness (QED) is 0.613. The van der Waals surface area contributed by atoms with Crippen LogP contribution >= 0.6 is 0 Å². The van der Waals surface area contributed by atoms with E-state index >= 15 is 0 Å². The van der Waals surface area contributed by atoms with E-state index in [4.69, 9.17) is 15.2 Å². The molecule has 1 fully saturated rings. The number of rotatable bonds is 5. The Labute approximate surface area is 159 Å². The van der Waals surface area contributed by atoms with Crippen LogP contribution in [0.4, 0.5) is 0 Å². The third kappa shape index (κ3) is 3.87. The second kappa shape index (κ2) is 7.14. The van der Waals surface area contributed by atoms with E-state index in [9.17, 15) is 9.59 Å². The van der Waals surface area contributed by atoms with Crippen molar-refractivity contribution in [2.75, 3.05) is 7.11 Å². The fourth-order valence-corrected chi connectivity index (χ4v) is 3.35. The molecule has 3 N–H and O–H groups in total. The Bertz CT molecular complexity index is 825. The molecule has 1 aromatic rings. The molecule has 0 spiro atoms. The third-order valence-corrected chi connectivity index (χ3v) is 4.98. The highest BCUT2D eigenvalue weighted by Crippen LogP contribution is 2.39. The molecule has 1 aromatic carbocycles. The molecule has 27 heavy (non-hydrogen) atoms. The van der Waals surface area contributed by atoms with Crippen molar-refractivity contribution in [2.45, 2.75) is 45.0 Å². The number of methoxy groups -OCH3 is 1. The second-order valence-electron chi connectivity index (χ2n) is 7.55. The van der Waals surface area contributed by atoms with Crippen LogP contribution in [0, 0.1) is 0 Å². The number of nitrogens with one attached hydrogen (secondary N) is 1. The van der Waals surface area contributed by atoms with Crippen LogP contribution in [0.5, 0.6) is 0 Å². The van der Waals surface area contributed by atoms with Crippen molar-refractivity contribution in [3.05, 3.63) is 52.7 Å². The highest BCUT2D eigenvalue weighted by atomic mass is 16.5. The largest absolute Gasteiger partial charge is 0.465 e. The van der Waals surface area contributed by atoms with Gasteiger partial charge in [0.05, 0.1) is 35.7 Å². The van der Waals surface area contributed by atoms with E-state index in [0.717, 1.165) is 18.2 Å². The zero-order valence-corrected chi connectivity index (χ0v) is 16.2. The number of carbonyl (C=O) groups excluding carboxylic acids is 2. The maximum Gasteiger partial charge on any atom is 0.339 e. The topological polar surface area (TPSA) is 90.6 Å². The number of benzene rings is 1. The van der Waals surface area contributed by atoms with Gasteiger partial charge in [-0.05, 0) is 38.5 Å². The summed E-state index contributed by atoms with van der Waals surface area (Å²) in [6, 6.07) is 7.01. The van der Waals surface area contributed by atoms with Crippen molar-refractivity contribution >= 4 is 24.3 Å². The molecule has 0 radical (unpaired) electrons. The third-order valence-electron chi connectivity index (χ3n) is 4.98. The van der Waals surface area contributed by atoms with Crippen molar-refractivity contribution in [3.63, 3.8) is 0 Å². The summed E-state index contributed by atoms with van der Waals surface area (Å²) in [4.78, 5) is 24.3. The van der Waals surface area contributed by atoms with Crippen LogP contribution in [0.1, 0.15) is 36.7 Å². The minimum atomic E-state index is -0.449. The normalized spacial score (nSPS) is 21.5. The van der Waals surface area contributed by atoms with E-state index in [1.165, 1.54) is 7.11 Å². The number of esters is 2. The molecule has 0 amide bonds. The number of dihydropyridines is 1. The smallest absolute Gasteiger partial charge is 0.339 e. The van der Waals surface area contributed by atoms with Gasteiger partial charge in [0.15, 0.2) is 6.71 Å². The van der Waals surface area contributed by atoms with Crippen molar-refractivity contribution in [3.8, 4) is 0 Å². The fraction of sp³-hybridized carbons (Fsp3) is 0.400. The number of nitrogens with two attached hydrogens (primary N) is 1. The maximum atomic E-state index is 12.2. The molecule has 0 aliphatic carbocycles. The first-order valence-electron chi connectivity index (χ1n) is 9.16. The summed E-state index contributed by atoms with van der Waals surface area (Å²) in [5.74, 6) is -0.816. The van der Waals surface area contributed by atoms with Gasteiger partial charge in [0.1, 0.15) is 0 Å². The van der Waals surface area contributed by atoms with E-state index in [1.807, 2.05) is 19.9 Å². The molecule has 3 rings (SSSR count). The molecule has 7 heteroatoms. The predicted molar refractivity (Wildman–Crippen MR) is 105 cm³/mol. The average molecular weight is 368 g/mol. The fourth-order valence-electron chi connectivity index (χ4n) is 3.35. The molecular weight excluding hydrogens is 343 g/mol. The van der Waals surface area contributed by atoms with Gasteiger partial charge in [0.2, 0.25) is 0 Å². The summed E-state index contributed by atoms with van der Waals surface area (Å²) in [6.45, 7) is 6.13. The molecule has 2 aliphatic rings. The number of carbonyl (C=O) groups is 2. The van der Waals surface area contributed by atoms with E-state index < -0.39 is 5.97 Å². The van der Waals surface area contributed by atoms with Crippen molar-refractivity contribution < 1.29 is 19.1 Å². The Balaban J connectivity index is 1.95. The first-order chi connectivity index (χ1) is 12.7. The van der Waals surface area contributed by atoms with Gasteiger partial charge in [-0.3, -0.25) is 0 Å². The van der Waals surface area contributed by atoms with Crippen LogP contribution in [-0.4, -0.2) is 37.3 Å². The van der Waals surface area contributed by atoms with E-state index in [0.29, 0.717) is 29.2 Å². The lowest BCUT2D eigenvalue weighted by molar-refractivity contribution is -0.135. The molecule has 0 aromatic heterocycles. The Morgan fingerprint density at radius 1 is 1.19 bits per heavy atom. The van der Waals surface area contributed by atoms with Gasteiger partial charge in [-0.15, -0.1) is 0 Å². The molecule has 142 valence electrons. The highest BCUT2D eigenvalue weighted by Gasteiger charge is 2.46. The lowest BCUT2D eigenvalue weighted by Gasteiger charge is -2.35. The zero-order chi connectivity index (χ0) is 19.8. The highest BCUT2D eigenvalue weighted by molar-refractivity contribution is 6.73. The van der Waals surface area contributed by atoms with Crippen LogP contribution in [-0.2, 0) is 14.3 Å². The summed E-state index contributed by atoms with van der Waals surface area (Å²) >= 11 is 0. The SMILES string of the molecule is COC(=O)C1=CC(C)(B2CC2)NC(c2ccc(C(=O)OC(C)C)cc2)=C1N. The Morgan fingerprint density at radius 3 is 2.33 bits per heavy atom. The molecule has 2 heterocycles. The van der Waals surface area contributed by atoms with Crippen molar-refractivity contribution in [1.29, 1.82) is 0 Å². The van der Waals surface area contributed by atoms with Crippen LogP contribution in [0.25, 0.3) is 5.70 Å². The van der Waals surface area contributed by atoms with Gasteiger partial charge in [-0.1, -0.05) is 30.8 Å². The van der Waals surface area contributed by atoms with Gasteiger partial charge in [0, 0.05) is 5.44 Å². The number of ether oxygens (including phenoxy) is 2. The maximum absolute atomic E-state index is 12.2. The van der Waals surface area contributed by atoms with Crippen molar-refractivity contribution in [1.82, 2.24) is 5.32 Å². The summed E-state index contributed by atoms with van der Waals surface area (Å²) in [6.07, 6.45) is 3.90. The summed E-state index contributed by atoms with van der Waals surface area (Å²) in [5.41, 5.74) is 8.60. The van der Waals surface area contributed by atoms with Gasteiger partial charge in [0.25, 0.3) is 0 Å². The standard InChI is InChI=1S/C20H25BN2O4/c1-12(2)27-18(24)14-7-5-13(6-8-14)17-16(22)15(19(25)26-4)11-20(3,23-17)21-9-10-21/h5-8,11-12,23H,9-10,22H2,1-4H3. The molecule has 2 aliphatic heterocycles. The van der Waals surface area contributed by atoms with Gasteiger partial charge in [-0.2, -0.15) is 0 Å². The van der Waals surface area contributed by atoms with Gasteiger partial charge < -0.3 is 20.5 Å². The lowest BCUT2D eigenvalue weighted by Crippen LogP contribution is -2.50. The van der Waals surface area contributed by atoms with E-state index in [1.54, 1.807) is 24.3 Å². The first kappa shape index (κ1) is 19.1. The van der Waals surface area contributed by atoms with Crippen LogP contribution in [0.15, 0.2) is 41.6 Å². The second-order valence-corrected chi connectivity index (χ2v) is 7.55. The zero-order valence-electron chi connectivity index (χ0n) is 16.2. The van der Waals surface area contributed by atoms with Crippen molar-refractivity contribution in [2.24, 2.45) is 5.73 Å². The molecule has 6 nitrogen and oxygen atoms in total. The first-order valence-corrected chi connectivity index (χ1v) is 9.16. The molecule has 1 unspecified atom stereocenters. The van der Waals surface area contributed by atoms with Gasteiger partial charge >= 0.3 is 11.9 Å². The number of hydrogen-bond acceptors (Lipinski definition) is 6. The van der Waals surface area contributed by atoms with Gasteiger partial charge in [-0.25, -0.2) is 9.59 Å². The Kier molecular flexibility index (Phi) is 5.04. The Morgan fingerprint density at radius 2 is 1.81 bits per heavy atom. The molecular formula is C20H25BN2O4.